The number of fused-ring (bicyclic) bond motifs is 1. The van der Waals surface area contributed by atoms with Crippen LogP contribution in [-0.2, 0) is 14.3 Å². The summed E-state index contributed by atoms with van der Waals surface area (Å²) in [5, 5.41) is 0.960. The first-order valence-electron chi connectivity index (χ1n) is 10.8. The molecule has 7 heteroatoms. The lowest BCUT2D eigenvalue weighted by Gasteiger charge is -2.36. The number of aryl methyl sites for hydroxylation is 1. The highest BCUT2D eigenvalue weighted by Crippen LogP contribution is 2.32. The van der Waals surface area contributed by atoms with E-state index < -0.39 is 0 Å². The molecular weight excluding hydrogens is 382 g/mol. The summed E-state index contributed by atoms with van der Waals surface area (Å²) in [6, 6.07) is 7.86. The Morgan fingerprint density at radius 1 is 1.13 bits per heavy atom. The molecule has 2 aromatic rings. The summed E-state index contributed by atoms with van der Waals surface area (Å²) in [7, 11) is 0. The standard InChI is InChI=1S/C23H29N3O4/c1-3-30-23(28)20-16(2)18-6-4-5-7-19(18)24-21(20)25-10-8-17(9-11-25)22(27)26-12-14-29-15-13-26/h4-7,17H,3,8-15H2,1-2H3. The zero-order chi connectivity index (χ0) is 21.1. The number of rotatable bonds is 4. The second kappa shape index (κ2) is 9.00. The minimum absolute atomic E-state index is 0.0203. The molecule has 0 atom stereocenters. The van der Waals surface area contributed by atoms with Crippen LogP contribution in [0.3, 0.4) is 0 Å². The van der Waals surface area contributed by atoms with Gasteiger partial charge in [0.1, 0.15) is 11.4 Å². The Hall–Kier alpha value is -2.67. The van der Waals surface area contributed by atoms with Crippen molar-refractivity contribution in [2.24, 2.45) is 5.92 Å². The normalized spacial score (nSPS) is 17.9. The molecule has 7 nitrogen and oxygen atoms in total. The third-order valence-electron chi connectivity index (χ3n) is 6.08. The molecule has 0 N–H and O–H groups in total. The average molecular weight is 412 g/mol. The fraction of sp³-hybridized carbons (Fsp3) is 0.522. The summed E-state index contributed by atoms with van der Waals surface area (Å²) in [5.74, 6) is 0.579. The summed E-state index contributed by atoms with van der Waals surface area (Å²) in [4.78, 5) is 34.5. The number of morpholine rings is 1. The minimum atomic E-state index is -0.338. The van der Waals surface area contributed by atoms with Crippen molar-refractivity contribution in [1.82, 2.24) is 9.88 Å². The maximum absolute atomic E-state index is 12.8. The van der Waals surface area contributed by atoms with E-state index in [1.807, 2.05) is 43.0 Å². The van der Waals surface area contributed by atoms with Gasteiger partial charge >= 0.3 is 5.97 Å². The van der Waals surface area contributed by atoms with Crippen molar-refractivity contribution in [3.05, 3.63) is 35.4 Å². The Kier molecular flexibility index (Phi) is 6.18. The van der Waals surface area contributed by atoms with Crippen molar-refractivity contribution in [2.45, 2.75) is 26.7 Å². The topological polar surface area (TPSA) is 72.0 Å². The highest BCUT2D eigenvalue weighted by molar-refractivity contribution is 6.02. The van der Waals surface area contributed by atoms with E-state index in [4.69, 9.17) is 14.5 Å². The molecule has 4 rings (SSSR count). The van der Waals surface area contributed by atoms with Gasteiger partial charge in [-0.1, -0.05) is 18.2 Å². The largest absolute Gasteiger partial charge is 0.462 e. The molecule has 160 valence electrons. The van der Waals surface area contributed by atoms with Gasteiger partial charge in [-0.2, -0.15) is 0 Å². The number of carbonyl (C=O) groups is 2. The number of anilines is 1. The Bertz CT molecular complexity index is 931. The number of benzene rings is 1. The number of para-hydroxylation sites is 1. The predicted molar refractivity (Wildman–Crippen MR) is 115 cm³/mol. The second-order valence-electron chi connectivity index (χ2n) is 7.87. The van der Waals surface area contributed by atoms with Crippen molar-refractivity contribution >= 4 is 28.6 Å². The number of ether oxygens (including phenoxy) is 2. The third-order valence-corrected chi connectivity index (χ3v) is 6.08. The first kappa shape index (κ1) is 20.6. The zero-order valence-corrected chi connectivity index (χ0v) is 17.7. The van der Waals surface area contributed by atoms with Crippen LogP contribution in [0, 0.1) is 12.8 Å². The third kappa shape index (κ3) is 3.99. The quantitative estimate of drug-likeness (QED) is 0.721. The number of esters is 1. The lowest BCUT2D eigenvalue weighted by Crippen LogP contribution is -2.47. The van der Waals surface area contributed by atoms with Crippen LogP contribution in [0.25, 0.3) is 10.9 Å². The smallest absolute Gasteiger partial charge is 0.342 e. The lowest BCUT2D eigenvalue weighted by molar-refractivity contribution is -0.140. The number of hydrogen-bond donors (Lipinski definition) is 0. The van der Waals surface area contributed by atoms with Crippen molar-refractivity contribution in [3.63, 3.8) is 0 Å². The van der Waals surface area contributed by atoms with Crippen molar-refractivity contribution < 1.29 is 19.1 Å². The fourth-order valence-corrected chi connectivity index (χ4v) is 4.42. The van der Waals surface area contributed by atoms with Crippen LogP contribution in [0.5, 0.6) is 0 Å². The van der Waals surface area contributed by atoms with Gasteiger partial charge in [-0.25, -0.2) is 9.78 Å². The number of amides is 1. The Morgan fingerprint density at radius 2 is 1.83 bits per heavy atom. The molecule has 2 aliphatic rings. The van der Waals surface area contributed by atoms with E-state index in [9.17, 15) is 9.59 Å². The van der Waals surface area contributed by atoms with Crippen LogP contribution in [0.1, 0.15) is 35.7 Å². The number of piperidine rings is 1. The number of pyridine rings is 1. The predicted octanol–water partition coefficient (Wildman–Crippen LogP) is 2.80. The van der Waals surface area contributed by atoms with Gasteiger partial charge in [0.25, 0.3) is 0 Å². The number of hydrogen-bond acceptors (Lipinski definition) is 6. The minimum Gasteiger partial charge on any atom is -0.462 e. The molecule has 0 saturated carbocycles. The average Bonchev–Trinajstić information content (AvgIpc) is 2.79. The summed E-state index contributed by atoms with van der Waals surface area (Å²) >= 11 is 0. The van der Waals surface area contributed by atoms with Gasteiger partial charge in [0.2, 0.25) is 5.91 Å². The molecule has 0 unspecified atom stereocenters. The van der Waals surface area contributed by atoms with Crippen LogP contribution in [0.2, 0.25) is 0 Å². The SMILES string of the molecule is CCOC(=O)c1c(N2CCC(C(=O)N3CCOCC3)CC2)nc2ccccc2c1C. The molecule has 0 bridgehead atoms. The number of aromatic nitrogens is 1. The van der Waals surface area contributed by atoms with Gasteiger partial charge in [-0.05, 0) is 38.3 Å². The van der Waals surface area contributed by atoms with E-state index in [1.54, 1.807) is 0 Å². The van der Waals surface area contributed by atoms with Gasteiger partial charge in [0.15, 0.2) is 0 Å². The first-order chi connectivity index (χ1) is 14.6. The Balaban J connectivity index is 1.58. The van der Waals surface area contributed by atoms with E-state index in [1.165, 1.54) is 0 Å². The molecular formula is C23H29N3O4. The van der Waals surface area contributed by atoms with Gasteiger partial charge in [-0.15, -0.1) is 0 Å². The summed E-state index contributed by atoms with van der Waals surface area (Å²) in [6.07, 6.45) is 1.51. The Labute approximate surface area is 177 Å². The van der Waals surface area contributed by atoms with E-state index in [2.05, 4.69) is 4.90 Å². The van der Waals surface area contributed by atoms with Crippen LogP contribution in [-0.4, -0.2) is 67.8 Å². The fourth-order valence-electron chi connectivity index (χ4n) is 4.42. The summed E-state index contributed by atoms with van der Waals surface area (Å²) in [6.45, 7) is 8.06. The molecule has 2 aliphatic heterocycles. The van der Waals surface area contributed by atoms with Gasteiger partial charge < -0.3 is 19.3 Å². The van der Waals surface area contributed by atoms with E-state index in [0.29, 0.717) is 57.4 Å². The van der Waals surface area contributed by atoms with Crippen molar-refractivity contribution in [3.8, 4) is 0 Å². The molecule has 3 heterocycles. The Morgan fingerprint density at radius 3 is 2.53 bits per heavy atom. The van der Waals surface area contributed by atoms with Crippen molar-refractivity contribution in [1.29, 1.82) is 0 Å². The van der Waals surface area contributed by atoms with Gasteiger partial charge in [0.05, 0.1) is 25.3 Å². The number of nitrogens with zero attached hydrogens (tertiary/aromatic N) is 3. The molecule has 2 saturated heterocycles. The summed E-state index contributed by atoms with van der Waals surface area (Å²) in [5.41, 5.74) is 2.29. The maximum atomic E-state index is 12.8. The molecule has 1 aromatic carbocycles. The van der Waals surface area contributed by atoms with Crippen LogP contribution < -0.4 is 4.90 Å². The molecule has 1 aromatic heterocycles. The van der Waals surface area contributed by atoms with E-state index in [-0.39, 0.29) is 17.8 Å². The van der Waals surface area contributed by atoms with E-state index >= 15 is 0 Å². The molecule has 2 fully saturated rings. The summed E-state index contributed by atoms with van der Waals surface area (Å²) < 4.78 is 10.7. The molecule has 0 aliphatic carbocycles. The van der Waals surface area contributed by atoms with Crippen LogP contribution >= 0.6 is 0 Å². The maximum Gasteiger partial charge on any atom is 0.342 e. The highest BCUT2D eigenvalue weighted by atomic mass is 16.5. The molecule has 30 heavy (non-hydrogen) atoms. The van der Waals surface area contributed by atoms with Crippen molar-refractivity contribution in [2.75, 3.05) is 50.9 Å². The van der Waals surface area contributed by atoms with Gasteiger partial charge in [-0.3, -0.25) is 4.79 Å². The second-order valence-corrected chi connectivity index (χ2v) is 7.87. The monoisotopic (exact) mass is 411 g/mol. The van der Waals surface area contributed by atoms with E-state index in [0.717, 1.165) is 29.3 Å². The van der Waals surface area contributed by atoms with Crippen LogP contribution in [0.15, 0.2) is 24.3 Å². The molecule has 0 spiro atoms. The first-order valence-corrected chi connectivity index (χ1v) is 10.8. The highest BCUT2D eigenvalue weighted by Gasteiger charge is 2.32. The zero-order valence-electron chi connectivity index (χ0n) is 17.7. The van der Waals surface area contributed by atoms with Crippen LogP contribution in [0.4, 0.5) is 5.82 Å². The van der Waals surface area contributed by atoms with Gasteiger partial charge in [0, 0.05) is 37.5 Å². The number of carbonyl (C=O) groups excluding carboxylic acids is 2. The molecule has 0 radical (unpaired) electrons. The lowest BCUT2D eigenvalue weighted by atomic mass is 9.94. The molecule has 1 amide bonds.